The Morgan fingerprint density at radius 2 is 2.04 bits per heavy atom. The molecule has 1 aliphatic rings. The van der Waals surface area contributed by atoms with E-state index in [0.29, 0.717) is 25.4 Å². The summed E-state index contributed by atoms with van der Waals surface area (Å²) in [7, 11) is 0. The molecule has 0 radical (unpaired) electrons. The van der Waals surface area contributed by atoms with Gasteiger partial charge in [0.1, 0.15) is 18.5 Å². The van der Waals surface area contributed by atoms with Crippen LogP contribution in [0, 0.1) is 0 Å². The topological polar surface area (TPSA) is 90.7 Å². The van der Waals surface area contributed by atoms with Crippen molar-refractivity contribution in [2.75, 3.05) is 6.61 Å². The maximum Gasteiger partial charge on any atom is 0.358 e. The smallest absolute Gasteiger partial charge is 0.358 e. The third-order valence-corrected chi connectivity index (χ3v) is 3.84. The minimum atomic E-state index is -1.30. The first kappa shape index (κ1) is 19.7. The molecule has 1 unspecified atom stereocenters. The third kappa shape index (κ3) is 4.29. The fraction of sp³-hybridized carbons (Fsp3) is 0.421. The highest BCUT2D eigenvalue weighted by atomic mass is 16.5. The highest BCUT2D eigenvalue weighted by Crippen LogP contribution is 2.22. The fourth-order valence-electron chi connectivity index (χ4n) is 2.64. The van der Waals surface area contributed by atoms with Crippen molar-refractivity contribution in [2.24, 2.45) is 0 Å². The number of carbonyl (C=O) groups is 1. The van der Waals surface area contributed by atoms with Gasteiger partial charge in [-0.3, -0.25) is 9.36 Å². The minimum Gasteiger partial charge on any atom is -0.481 e. The van der Waals surface area contributed by atoms with E-state index < -0.39 is 17.6 Å². The number of carboxylic acid groups (broad SMARTS) is 1. The Kier molecular flexibility index (Phi) is 6.91. The van der Waals surface area contributed by atoms with Gasteiger partial charge < -0.3 is 14.6 Å². The molecule has 2 aromatic rings. The molecule has 1 aromatic carbocycles. The maximum absolute atomic E-state index is 12.7. The number of carboxylic acids is 1. The number of nitrogens with zero attached hydrogens (tertiary/aromatic N) is 2. The van der Waals surface area contributed by atoms with Gasteiger partial charge in [-0.25, -0.2) is 9.78 Å². The van der Waals surface area contributed by atoms with Crippen LogP contribution in [0.15, 0.2) is 35.1 Å². The summed E-state index contributed by atoms with van der Waals surface area (Å²) in [5, 5.41) is 9.41. The van der Waals surface area contributed by atoms with E-state index in [-0.39, 0.29) is 18.1 Å². The number of fused-ring (bicyclic) bond motifs is 1. The Morgan fingerprint density at radius 3 is 2.69 bits per heavy atom. The van der Waals surface area contributed by atoms with Gasteiger partial charge in [0.2, 0.25) is 5.75 Å². The highest BCUT2D eigenvalue weighted by Gasteiger charge is 2.26. The van der Waals surface area contributed by atoms with Crippen molar-refractivity contribution in [3.05, 3.63) is 57.8 Å². The standard InChI is InChI=1S/C17H18N2O5.C2H6/c1-11-15-18-13(17(21)22)14(16(20)19(15)8-5-9-23-11)24-10-12-6-3-2-4-7-12;1-2/h2-4,6-7,11H,5,8-10H2,1H3,(H,21,22);1-2H3. The van der Waals surface area contributed by atoms with E-state index >= 15 is 0 Å². The van der Waals surface area contributed by atoms with Crippen LogP contribution in [0.2, 0.25) is 0 Å². The number of rotatable bonds is 4. The normalized spacial score (nSPS) is 15.9. The molecule has 0 spiro atoms. The zero-order valence-corrected chi connectivity index (χ0v) is 15.3. The molecule has 3 rings (SSSR count). The molecular weight excluding hydrogens is 336 g/mol. The van der Waals surface area contributed by atoms with E-state index in [0.717, 1.165) is 5.56 Å². The van der Waals surface area contributed by atoms with Crippen LogP contribution in [0.1, 0.15) is 55.2 Å². The Bertz CT molecular complexity index is 802. The lowest BCUT2D eigenvalue weighted by Gasteiger charge is -2.16. The molecule has 0 saturated heterocycles. The molecule has 1 aliphatic heterocycles. The van der Waals surface area contributed by atoms with Crippen LogP contribution in [0.3, 0.4) is 0 Å². The van der Waals surface area contributed by atoms with Gasteiger partial charge in [-0.2, -0.15) is 0 Å². The lowest BCUT2D eigenvalue weighted by Crippen LogP contribution is -2.29. The Hall–Kier alpha value is -2.67. The van der Waals surface area contributed by atoms with Crippen LogP contribution >= 0.6 is 0 Å². The van der Waals surface area contributed by atoms with E-state index in [1.165, 1.54) is 4.57 Å². The molecule has 140 valence electrons. The highest BCUT2D eigenvalue weighted by molar-refractivity contribution is 5.88. The molecule has 0 amide bonds. The number of benzene rings is 1. The van der Waals surface area contributed by atoms with Crippen molar-refractivity contribution in [3.63, 3.8) is 0 Å². The largest absolute Gasteiger partial charge is 0.481 e. The minimum absolute atomic E-state index is 0.101. The van der Waals surface area contributed by atoms with Gasteiger partial charge >= 0.3 is 5.97 Å². The van der Waals surface area contributed by atoms with E-state index in [9.17, 15) is 14.7 Å². The second-order valence-electron chi connectivity index (χ2n) is 5.55. The first-order chi connectivity index (χ1) is 12.6. The molecule has 0 saturated carbocycles. The van der Waals surface area contributed by atoms with Crippen molar-refractivity contribution < 1.29 is 19.4 Å². The second-order valence-corrected chi connectivity index (χ2v) is 5.55. The van der Waals surface area contributed by atoms with E-state index in [1.54, 1.807) is 6.92 Å². The fourth-order valence-corrected chi connectivity index (χ4v) is 2.64. The van der Waals surface area contributed by atoms with Crippen molar-refractivity contribution in [1.29, 1.82) is 0 Å². The van der Waals surface area contributed by atoms with Crippen molar-refractivity contribution in [3.8, 4) is 5.75 Å². The summed E-state index contributed by atoms with van der Waals surface area (Å²) in [6, 6.07) is 9.23. The van der Waals surface area contributed by atoms with E-state index in [4.69, 9.17) is 9.47 Å². The molecule has 7 heteroatoms. The van der Waals surface area contributed by atoms with Gasteiger partial charge in [-0.15, -0.1) is 0 Å². The van der Waals surface area contributed by atoms with Gasteiger partial charge in [0.25, 0.3) is 5.56 Å². The number of aromatic nitrogens is 2. The molecule has 0 aliphatic carbocycles. The Labute approximate surface area is 152 Å². The van der Waals surface area contributed by atoms with Crippen molar-refractivity contribution in [1.82, 2.24) is 9.55 Å². The van der Waals surface area contributed by atoms with Crippen molar-refractivity contribution >= 4 is 5.97 Å². The summed E-state index contributed by atoms with van der Waals surface area (Å²) in [6.45, 7) is 6.77. The van der Waals surface area contributed by atoms with Crippen LogP contribution in [-0.2, 0) is 17.9 Å². The van der Waals surface area contributed by atoms with Crippen LogP contribution < -0.4 is 10.3 Å². The van der Waals surface area contributed by atoms with Gasteiger partial charge in [-0.1, -0.05) is 44.2 Å². The van der Waals surface area contributed by atoms with Gasteiger partial charge in [0, 0.05) is 13.2 Å². The first-order valence-corrected chi connectivity index (χ1v) is 8.74. The maximum atomic E-state index is 12.7. The second kappa shape index (κ2) is 9.15. The summed E-state index contributed by atoms with van der Waals surface area (Å²) >= 11 is 0. The van der Waals surface area contributed by atoms with Gasteiger partial charge in [-0.05, 0) is 18.9 Å². The molecule has 1 atom stereocenters. The lowest BCUT2D eigenvalue weighted by molar-refractivity contribution is 0.0637. The van der Waals surface area contributed by atoms with Crippen LogP contribution in [-0.4, -0.2) is 27.2 Å². The zero-order valence-electron chi connectivity index (χ0n) is 15.3. The SMILES string of the molecule is CC.CC1OCCCn2c1nc(C(=O)O)c(OCc1ccccc1)c2=O. The van der Waals surface area contributed by atoms with Crippen LogP contribution in [0.4, 0.5) is 0 Å². The molecule has 0 bridgehead atoms. The summed E-state index contributed by atoms with van der Waals surface area (Å²) in [4.78, 5) is 28.4. The van der Waals surface area contributed by atoms with Crippen LogP contribution in [0.5, 0.6) is 5.75 Å². The Morgan fingerprint density at radius 1 is 1.35 bits per heavy atom. The molecule has 26 heavy (non-hydrogen) atoms. The number of aromatic carboxylic acids is 1. The van der Waals surface area contributed by atoms with Crippen LogP contribution in [0.25, 0.3) is 0 Å². The summed E-state index contributed by atoms with van der Waals surface area (Å²) in [5.74, 6) is -1.21. The number of hydrogen-bond donors (Lipinski definition) is 1. The van der Waals surface area contributed by atoms with E-state index in [2.05, 4.69) is 4.98 Å². The predicted octanol–water partition coefficient (Wildman–Crippen LogP) is 3.03. The summed E-state index contributed by atoms with van der Waals surface area (Å²) < 4.78 is 12.5. The first-order valence-electron chi connectivity index (χ1n) is 8.74. The molecule has 1 aromatic heterocycles. The Balaban J connectivity index is 0.00000117. The average Bonchev–Trinajstić information content (AvgIpc) is 2.85. The van der Waals surface area contributed by atoms with E-state index in [1.807, 2.05) is 44.2 Å². The van der Waals surface area contributed by atoms with Gasteiger partial charge in [0.05, 0.1) is 0 Å². The number of hydrogen-bond acceptors (Lipinski definition) is 5. The monoisotopic (exact) mass is 360 g/mol. The molecule has 7 nitrogen and oxygen atoms in total. The average molecular weight is 360 g/mol. The zero-order chi connectivity index (χ0) is 19.1. The summed E-state index contributed by atoms with van der Waals surface area (Å²) in [5.41, 5.74) is -0.0184. The molecular formula is C19H24N2O5. The molecule has 2 heterocycles. The van der Waals surface area contributed by atoms with Gasteiger partial charge in [0.15, 0.2) is 5.69 Å². The lowest BCUT2D eigenvalue weighted by atomic mass is 10.2. The predicted molar refractivity (Wildman–Crippen MR) is 96.6 cm³/mol. The molecule has 1 N–H and O–H groups in total. The quantitative estimate of drug-likeness (QED) is 0.901. The van der Waals surface area contributed by atoms with Crippen molar-refractivity contribution in [2.45, 2.75) is 46.4 Å². The number of ether oxygens (including phenoxy) is 2. The summed E-state index contributed by atoms with van der Waals surface area (Å²) in [6.07, 6.45) is 0.213. The molecule has 0 fully saturated rings. The third-order valence-electron chi connectivity index (χ3n) is 3.84.